The summed E-state index contributed by atoms with van der Waals surface area (Å²) in [6.45, 7) is 8.33. The number of hydrogen-bond donors (Lipinski definition) is 0. The molecule has 0 N–H and O–H groups in total. The van der Waals surface area contributed by atoms with Crippen LogP contribution >= 0.6 is 0 Å². The molecular weight excluding hydrogens is 160 g/mol. The zero-order valence-electron chi connectivity index (χ0n) is 8.87. The van der Waals surface area contributed by atoms with E-state index in [4.69, 9.17) is 4.74 Å². The van der Waals surface area contributed by atoms with Crippen molar-refractivity contribution in [2.75, 3.05) is 0 Å². The second kappa shape index (κ2) is 3.82. The Morgan fingerprint density at radius 3 is 2.54 bits per heavy atom. The van der Waals surface area contributed by atoms with Gasteiger partial charge in [0.2, 0.25) is 0 Å². The lowest BCUT2D eigenvalue weighted by molar-refractivity contribution is 0.0591. The smallest absolute Gasteiger partial charge is 0.116 e. The van der Waals surface area contributed by atoms with Gasteiger partial charge in [-0.2, -0.15) is 0 Å². The lowest BCUT2D eigenvalue weighted by Crippen LogP contribution is -2.18. The first kappa shape index (κ1) is 10.1. The summed E-state index contributed by atoms with van der Waals surface area (Å²) in [7, 11) is 0. The maximum absolute atomic E-state index is 5.76. The summed E-state index contributed by atoms with van der Waals surface area (Å²) < 4.78 is 5.76. The summed E-state index contributed by atoms with van der Waals surface area (Å²) >= 11 is 0. The quantitative estimate of drug-likeness (QED) is 0.597. The number of allylic oxidation sites excluding steroid dienone is 5. The molecule has 0 spiro atoms. The highest BCUT2D eigenvalue weighted by molar-refractivity contribution is 5.24. The van der Waals surface area contributed by atoms with Crippen LogP contribution in [-0.4, -0.2) is 5.60 Å². The second-order valence-corrected chi connectivity index (χ2v) is 4.39. The van der Waals surface area contributed by atoms with Gasteiger partial charge < -0.3 is 4.74 Å². The van der Waals surface area contributed by atoms with Crippen LogP contribution in [-0.2, 0) is 4.74 Å². The molecule has 0 saturated heterocycles. The molecule has 0 bridgehead atoms. The average Bonchev–Trinajstić information content (AvgIpc) is 2.10. The van der Waals surface area contributed by atoms with E-state index in [2.05, 4.69) is 45.9 Å². The van der Waals surface area contributed by atoms with Crippen molar-refractivity contribution in [3.8, 4) is 0 Å². The van der Waals surface area contributed by atoms with E-state index < -0.39 is 0 Å². The first-order chi connectivity index (χ1) is 5.97. The Labute approximate surface area is 80.8 Å². The minimum atomic E-state index is -0.111. The fourth-order valence-corrected chi connectivity index (χ4v) is 1.18. The van der Waals surface area contributed by atoms with Gasteiger partial charge in [0.05, 0.1) is 0 Å². The predicted molar refractivity (Wildman–Crippen MR) is 56.4 cm³/mol. The Bertz CT molecular complexity index is 251. The van der Waals surface area contributed by atoms with Gasteiger partial charge in [0.1, 0.15) is 11.4 Å². The largest absolute Gasteiger partial charge is 0.488 e. The molecule has 1 rings (SSSR count). The average molecular weight is 178 g/mol. The Kier molecular flexibility index (Phi) is 2.97. The molecule has 1 aliphatic rings. The minimum absolute atomic E-state index is 0.111. The van der Waals surface area contributed by atoms with Gasteiger partial charge in [-0.25, -0.2) is 0 Å². The van der Waals surface area contributed by atoms with Crippen molar-refractivity contribution in [3.63, 3.8) is 0 Å². The van der Waals surface area contributed by atoms with Crippen LogP contribution in [0, 0.1) is 5.92 Å². The highest BCUT2D eigenvalue weighted by Gasteiger charge is 2.12. The van der Waals surface area contributed by atoms with Crippen molar-refractivity contribution < 1.29 is 4.74 Å². The molecule has 1 unspecified atom stereocenters. The number of rotatable bonds is 1. The molecule has 0 radical (unpaired) electrons. The SMILES string of the molecule is CC1C=CC=CC(OC(C)(C)C)=C1. The maximum Gasteiger partial charge on any atom is 0.116 e. The summed E-state index contributed by atoms with van der Waals surface area (Å²) in [5, 5.41) is 0. The molecule has 72 valence electrons. The zero-order valence-corrected chi connectivity index (χ0v) is 8.87. The Hall–Kier alpha value is -0.980. The van der Waals surface area contributed by atoms with Gasteiger partial charge in [-0.1, -0.05) is 25.2 Å². The van der Waals surface area contributed by atoms with Gasteiger partial charge in [0, 0.05) is 0 Å². The standard InChI is InChI=1S/C12H18O/c1-10-7-5-6-8-11(9-10)13-12(2,3)4/h5-10H,1-4H3. The molecule has 0 saturated carbocycles. The fraction of sp³-hybridized carbons (Fsp3) is 0.500. The van der Waals surface area contributed by atoms with E-state index in [9.17, 15) is 0 Å². The van der Waals surface area contributed by atoms with E-state index in [0.717, 1.165) is 5.76 Å². The van der Waals surface area contributed by atoms with Crippen LogP contribution < -0.4 is 0 Å². The third kappa shape index (κ3) is 3.97. The zero-order chi connectivity index (χ0) is 9.90. The van der Waals surface area contributed by atoms with Gasteiger partial charge in [-0.3, -0.25) is 0 Å². The van der Waals surface area contributed by atoms with Crippen molar-refractivity contribution in [1.82, 2.24) is 0 Å². The molecule has 0 amide bonds. The first-order valence-corrected chi connectivity index (χ1v) is 4.73. The summed E-state index contributed by atoms with van der Waals surface area (Å²) in [6.07, 6.45) is 10.4. The fourth-order valence-electron chi connectivity index (χ4n) is 1.18. The van der Waals surface area contributed by atoms with E-state index >= 15 is 0 Å². The van der Waals surface area contributed by atoms with Gasteiger partial charge >= 0.3 is 0 Å². The Morgan fingerprint density at radius 2 is 1.92 bits per heavy atom. The Balaban J connectivity index is 2.70. The number of ether oxygens (including phenoxy) is 1. The van der Waals surface area contributed by atoms with Gasteiger partial charge in [0.15, 0.2) is 0 Å². The molecule has 1 atom stereocenters. The van der Waals surface area contributed by atoms with Crippen LogP contribution in [0.3, 0.4) is 0 Å². The van der Waals surface area contributed by atoms with Crippen LogP contribution in [0.2, 0.25) is 0 Å². The first-order valence-electron chi connectivity index (χ1n) is 4.73. The van der Waals surface area contributed by atoms with Crippen LogP contribution in [0.5, 0.6) is 0 Å². The van der Waals surface area contributed by atoms with Crippen LogP contribution in [0.4, 0.5) is 0 Å². The van der Waals surface area contributed by atoms with Crippen molar-refractivity contribution in [2.24, 2.45) is 5.92 Å². The lowest BCUT2D eigenvalue weighted by atomic mass is 10.1. The summed E-state index contributed by atoms with van der Waals surface area (Å²) in [6, 6.07) is 0. The molecule has 0 aromatic heterocycles. The van der Waals surface area contributed by atoms with E-state index in [0.29, 0.717) is 5.92 Å². The highest BCUT2D eigenvalue weighted by Crippen LogP contribution is 2.18. The molecule has 1 aliphatic carbocycles. The van der Waals surface area contributed by atoms with E-state index in [1.54, 1.807) is 0 Å². The van der Waals surface area contributed by atoms with Crippen molar-refractivity contribution in [2.45, 2.75) is 33.3 Å². The molecule has 0 aliphatic heterocycles. The molecule has 0 aromatic carbocycles. The molecular formula is C12H18O. The van der Waals surface area contributed by atoms with Gasteiger partial charge in [0.25, 0.3) is 0 Å². The minimum Gasteiger partial charge on any atom is -0.488 e. The third-order valence-corrected chi connectivity index (χ3v) is 1.64. The molecule has 0 aromatic rings. The molecule has 0 fully saturated rings. The molecule has 13 heavy (non-hydrogen) atoms. The molecule has 1 heteroatoms. The van der Waals surface area contributed by atoms with Crippen molar-refractivity contribution in [3.05, 3.63) is 36.1 Å². The van der Waals surface area contributed by atoms with Gasteiger partial charge in [-0.05, 0) is 38.8 Å². The van der Waals surface area contributed by atoms with E-state index in [1.165, 1.54) is 0 Å². The maximum atomic E-state index is 5.76. The van der Waals surface area contributed by atoms with E-state index in [1.807, 2.05) is 12.2 Å². The normalized spacial score (nSPS) is 22.5. The van der Waals surface area contributed by atoms with Crippen LogP contribution in [0.25, 0.3) is 0 Å². The summed E-state index contributed by atoms with van der Waals surface area (Å²) in [5.74, 6) is 1.41. The molecule has 0 heterocycles. The molecule has 1 nitrogen and oxygen atoms in total. The van der Waals surface area contributed by atoms with Gasteiger partial charge in [-0.15, -0.1) is 0 Å². The summed E-state index contributed by atoms with van der Waals surface area (Å²) in [4.78, 5) is 0. The Morgan fingerprint density at radius 1 is 1.23 bits per heavy atom. The monoisotopic (exact) mass is 178 g/mol. The third-order valence-electron chi connectivity index (χ3n) is 1.64. The lowest BCUT2D eigenvalue weighted by Gasteiger charge is -2.22. The van der Waals surface area contributed by atoms with E-state index in [-0.39, 0.29) is 5.60 Å². The summed E-state index contributed by atoms with van der Waals surface area (Å²) in [5.41, 5.74) is -0.111. The number of hydrogen-bond acceptors (Lipinski definition) is 1. The van der Waals surface area contributed by atoms with Crippen molar-refractivity contribution >= 4 is 0 Å². The van der Waals surface area contributed by atoms with Crippen LogP contribution in [0.1, 0.15) is 27.7 Å². The highest BCUT2D eigenvalue weighted by atomic mass is 16.5. The van der Waals surface area contributed by atoms with Crippen molar-refractivity contribution in [1.29, 1.82) is 0 Å². The van der Waals surface area contributed by atoms with Crippen LogP contribution in [0.15, 0.2) is 36.1 Å². The predicted octanol–water partition coefficient (Wildman–Crippen LogP) is 3.45. The second-order valence-electron chi connectivity index (χ2n) is 4.39. The topological polar surface area (TPSA) is 9.23 Å².